The van der Waals surface area contributed by atoms with Crippen LogP contribution in [-0.4, -0.2) is 18.4 Å². The van der Waals surface area contributed by atoms with Crippen LogP contribution in [-0.2, 0) is 16.0 Å². The molecule has 0 aliphatic heterocycles. The molecule has 0 radical (unpaired) electrons. The summed E-state index contributed by atoms with van der Waals surface area (Å²) < 4.78 is 31.7. The lowest BCUT2D eigenvalue weighted by Crippen LogP contribution is -2.33. The molecule has 0 aliphatic carbocycles. The van der Waals surface area contributed by atoms with Crippen LogP contribution in [0.1, 0.15) is 5.56 Å². The molecule has 0 saturated carbocycles. The monoisotopic (exact) mass is 394 g/mol. The molecule has 2 amide bonds. The first-order valence-corrected chi connectivity index (χ1v) is 8.90. The molecular formula is C22H16F2N2O3. The second-order valence-corrected chi connectivity index (χ2v) is 6.55. The van der Waals surface area contributed by atoms with Gasteiger partial charge in [-0.1, -0.05) is 30.3 Å². The molecule has 1 aromatic heterocycles. The van der Waals surface area contributed by atoms with Crippen LogP contribution in [0.2, 0.25) is 0 Å². The molecule has 3 aromatic carbocycles. The fourth-order valence-electron chi connectivity index (χ4n) is 3.20. The Morgan fingerprint density at radius 3 is 2.59 bits per heavy atom. The van der Waals surface area contributed by atoms with Gasteiger partial charge in [0.15, 0.2) is 11.6 Å². The van der Waals surface area contributed by atoms with Crippen LogP contribution in [0.3, 0.4) is 0 Å². The van der Waals surface area contributed by atoms with Crippen LogP contribution in [0, 0.1) is 11.6 Å². The number of furan rings is 1. The average molecular weight is 394 g/mol. The van der Waals surface area contributed by atoms with Crippen LogP contribution in [0.4, 0.5) is 14.5 Å². The fourth-order valence-corrected chi connectivity index (χ4v) is 3.20. The molecular weight excluding hydrogens is 378 g/mol. The lowest BCUT2D eigenvalue weighted by Gasteiger charge is -2.07. The van der Waals surface area contributed by atoms with Gasteiger partial charge in [-0.3, -0.25) is 9.59 Å². The Labute approximate surface area is 164 Å². The number of carbonyl (C=O) groups is 2. The van der Waals surface area contributed by atoms with Crippen molar-refractivity contribution in [3.8, 4) is 0 Å². The van der Waals surface area contributed by atoms with Gasteiger partial charge in [-0.25, -0.2) is 8.78 Å². The first kappa shape index (κ1) is 18.6. The smallest absolute Gasteiger partial charge is 0.243 e. The Hall–Kier alpha value is -3.74. The molecule has 0 atom stereocenters. The number of anilines is 1. The minimum atomic E-state index is -1.06. The molecule has 5 nitrogen and oxygen atoms in total. The lowest BCUT2D eigenvalue weighted by atomic mass is 10.0. The summed E-state index contributed by atoms with van der Waals surface area (Å²) in [6.45, 7) is -0.297. The standard InChI is InChI=1S/C22H16F2N2O3/c23-17-7-6-15(10-18(17)24)26-21(28)11-25-20(27)9-14-12-29-19-8-5-13-3-1-2-4-16(13)22(14)19/h1-8,10,12H,9,11H2,(H,25,27)(H,26,28). The van der Waals surface area contributed by atoms with E-state index in [2.05, 4.69) is 10.6 Å². The highest BCUT2D eigenvalue weighted by atomic mass is 19.2. The van der Waals surface area contributed by atoms with E-state index in [-0.39, 0.29) is 24.6 Å². The molecule has 0 saturated heterocycles. The lowest BCUT2D eigenvalue weighted by molar-refractivity contribution is -0.123. The quantitative estimate of drug-likeness (QED) is 0.534. The Kier molecular flexibility index (Phi) is 4.95. The van der Waals surface area contributed by atoms with E-state index in [1.807, 2.05) is 36.4 Å². The second-order valence-electron chi connectivity index (χ2n) is 6.55. The molecule has 7 heteroatoms. The zero-order valence-corrected chi connectivity index (χ0v) is 15.2. The minimum Gasteiger partial charge on any atom is -0.464 e. The molecule has 0 bridgehead atoms. The first-order chi connectivity index (χ1) is 14.0. The highest BCUT2D eigenvalue weighted by Gasteiger charge is 2.14. The maximum atomic E-state index is 13.2. The minimum absolute atomic E-state index is 0.0411. The number of hydrogen-bond donors (Lipinski definition) is 2. The van der Waals surface area contributed by atoms with Crippen molar-refractivity contribution in [2.24, 2.45) is 0 Å². The average Bonchev–Trinajstić information content (AvgIpc) is 3.12. The van der Waals surface area contributed by atoms with Crippen LogP contribution >= 0.6 is 0 Å². The zero-order chi connectivity index (χ0) is 20.4. The molecule has 146 valence electrons. The Morgan fingerprint density at radius 1 is 0.931 bits per heavy atom. The largest absolute Gasteiger partial charge is 0.464 e. The Morgan fingerprint density at radius 2 is 1.76 bits per heavy atom. The third kappa shape index (κ3) is 3.94. The maximum Gasteiger partial charge on any atom is 0.243 e. The van der Waals surface area contributed by atoms with E-state index in [1.165, 1.54) is 12.3 Å². The summed E-state index contributed by atoms with van der Waals surface area (Å²) in [6.07, 6.45) is 1.58. The summed E-state index contributed by atoms with van der Waals surface area (Å²) in [5.74, 6) is -2.98. The van der Waals surface area contributed by atoms with Gasteiger partial charge in [-0.05, 0) is 29.0 Å². The summed E-state index contributed by atoms with van der Waals surface area (Å²) in [5.41, 5.74) is 1.51. The molecule has 4 aromatic rings. The summed E-state index contributed by atoms with van der Waals surface area (Å²) in [7, 11) is 0. The highest BCUT2D eigenvalue weighted by molar-refractivity contribution is 6.08. The molecule has 2 N–H and O–H groups in total. The van der Waals surface area contributed by atoms with Crippen molar-refractivity contribution in [3.63, 3.8) is 0 Å². The van der Waals surface area contributed by atoms with Crippen molar-refractivity contribution in [2.45, 2.75) is 6.42 Å². The number of carbonyl (C=O) groups excluding carboxylic acids is 2. The van der Waals surface area contributed by atoms with E-state index in [0.29, 0.717) is 5.58 Å². The normalized spacial score (nSPS) is 11.0. The van der Waals surface area contributed by atoms with Crippen molar-refractivity contribution in [1.82, 2.24) is 5.32 Å². The van der Waals surface area contributed by atoms with Crippen LogP contribution < -0.4 is 10.6 Å². The van der Waals surface area contributed by atoms with E-state index in [9.17, 15) is 18.4 Å². The summed E-state index contributed by atoms with van der Waals surface area (Å²) in [5, 5.41) is 7.80. The van der Waals surface area contributed by atoms with Crippen molar-refractivity contribution >= 4 is 39.2 Å². The third-order valence-electron chi connectivity index (χ3n) is 4.54. The van der Waals surface area contributed by atoms with Crippen LogP contribution in [0.5, 0.6) is 0 Å². The summed E-state index contributed by atoms with van der Waals surface area (Å²) in [6, 6.07) is 14.6. The Balaban J connectivity index is 1.41. The van der Waals surface area contributed by atoms with E-state index < -0.39 is 17.5 Å². The second kappa shape index (κ2) is 7.71. The molecule has 1 heterocycles. The van der Waals surface area contributed by atoms with Gasteiger partial charge in [0, 0.05) is 22.7 Å². The van der Waals surface area contributed by atoms with Gasteiger partial charge >= 0.3 is 0 Å². The van der Waals surface area contributed by atoms with Gasteiger partial charge < -0.3 is 15.1 Å². The first-order valence-electron chi connectivity index (χ1n) is 8.90. The van der Waals surface area contributed by atoms with E-state index in [1.54, 1.807) is 0 Å². The van der Waals surface area contributed by atoms with Crippen LogP contribution in [0.25, 0.3) is 21.7 Å². The highest BCUT2D eigenvalue weighted by Crippen LogP contribution is 2.30. The molecule has 29 heavy (non-hydrogen) atoms. The third-order valence-corrected chi connectivity index (χ3v) is 4.54. The SMILES string of the molecule is O=C(Cc1coc2ccc3ccccc3c12)NCC(=O)Nc1ccc(F)c(F)c1. The van der Waals surface area contributed by atoms with E-state index >= 15 is 0 Å². The van der Waals surface area contributed by atoms with Gasteiger partial charge in [-0.2, -0.15) is 0 Å². The van der Waals surface area contributed by atoms with Crippen LogP contribution in [0.15, 0.2) is 65.3 Å². The van der Waals surface area contributed by atoms with Crippen molar-refractivity contribution in [1.29, 1.82) is 0 Å². The topological polar surface area (TPSA) is 71.3 Å². The van der Waals surface area contributed by atoms with Gasteiger partial charge in [0.25, 0.3) is 0 Å². The van der Waals surface area contributed by atoms with Gasteiger partial charge in [0.05, 0.1) is 19.2 Å². The van der Waals surface area contributed by atoms with E-state index in [4.69, 9.17) is 4.42 Å². The zero-order valence-electron chi connectivity index (χ0n) is 15.2. The molecule has 0 unspecified atom stereocenters. The number of rotatable bonds is 5. The number of benzene rings is 3. The predicted molar refractivity (Wildman–Crippen MR) is 105 cm³/mol. The number of fused-ring (bicyclic) bond motifs is 3. The van der Waals surface area contributed by atoms with Gasteiger partial charge in [0.1, 0.15) is 5.58 Å². The van der Waals surface area contributed by atoms with Crippen molar-refractivity contribution in [2.75, 3.05) is 11.9 Å². The van der Waals surface area contributed by atoms with Gasteiger partial charge in [-0.15, -0.1) is 0 Å². The molecule has 4 rings (SSSR count). The van der Waals surface area contributed by atoms with Gasteiger partial charge in [0.2, 0.25) is 11.8 Å². The number of amides is 2. The molecule has 0 aliphatic rings. The van der Waals surface area contributed by atoms with Crippen molar-refractivity contribution < 1.29 is 22.8 Å². The Bertz CT molecular complexity index is 1230. The summed E-state index contributed by atoms with van der Waals surface area (Å²) >= 11 is 0. The predicted octanol–water partition coefficient (Wildman–Crippen LogP) is 4.16. The molecule has 0 fully saturated rings. The fraction of sp³-hybridized carbons (Fsp3) is 0.0909. The number of halogens is 2. The number of nitrogens with one attached hydrogen (secondary N) is 2. The maximum absolute atomic E-state index is 13.2. The molecule has 0 spiro atoms. The number of hydrogen-bond acceptors (Lipinski definition) is 3. The summed E-state index contributed by atoms with van der Waals surface area (Å²) in [4.78, 5) is 24.2. The van der Waals surface area contributed by atoms with Crippen molar-refractivity contribution in [3.05, 3.63) is 78.1 Å². The van der Waals surface area contributed by atoms with E-state index in [0.717, 1.165) is 33.9 Å².